The summed E-state index contributed by atoms with van der Waals surface area (Å²) in [6.07, 6.45) is 4.74. The minimum absolute atomic E-state index is 0.103. The van der Waals surface area contributed by atoms with E-state index in [1.165, 1.54) is 15.7 Å². The van der Waals surface area contributed by atoms with Crippen LogP contribution in [0.3, 0.4) is 0 Å². The molecule has 0 spiro atoms. The maximum atomic E-state index is 12.4. The summed E-state index contributed by atoms with van der Waals surface area (Å²) in [4.78, 5) is 25.9. The molecule has 1 unspecified atom stereocenters. The molecule has 12 heteroatoms. The van der Waals surface area contributed by atoms with Crippen LogP contribution < -0.4 is 5.32 Å². The van der Waals surface area contributed by atoms with Crippen molar-refractivity contribution in [1.82, 2.24) is 39.6 Å². The third-order valence-electron chi connectivity index (χ3n) is 3.97. The molecule has 0 radical (unpaired) electrons. The Balaban J connectivity index is 1.65. The Labute approximate surface area is 154 Å². The summed E-state index contributed by atoms with van der Waals surface area (Å²) in [5, 5.41) is 25.8. The summed E-state index contributed by atoms with van der Waals surface area (Å²) in [7, 11) is 0. The van der Waals surface area contributed by atoms with Crippen LogP contribution in [0, 0.1) is 17.0 Å². The smallest absolute Gasteiger partial charge is 0.390 e. The number of hydrogen-bond acceptors (Lipinski definition) is 7. The van der Waals surface area contributed by atoms with Gasteiger partial charge in [0.2, 0.25) is 6.33 Å². The van der Waals surface area contributed by atoms with Gasteiger partial charge in [0, 0.05) is 29.6 Å². The largest absolute Gasteiger partial charge is 0.491 e. The predicted octanol–water partition coefficient (Wildman–Crippen LogP) is 0.904. The number of nitrogens with zero attached hydrogens (tertiary/aromatic N) is 8. The fourth-order valence-electron chi connectivity index (χ4n) is 2.62. The minimum Gasteiger partial charge on any atom is -0.390 e. The maximum absolute atomic E-state index is 12.4. The average Bonchev–Trinajstić information content (AvgIpc) is 3.34. The molecule has 0 saturated heterocycles. The van der Waals surface area contributed by atoms with Gasteiger partial charge in [0.15, 0.2) is 6.67 Å². The van der Waals surface area contributed by atoms with Crippen molar-refractivity contribution >= 4 is 11.9 Å². The number of nitrogens with one attached hydrogen (secondary N) is 1. The van der Waals surface area contributed by atoms with E-state index >= 15 is 0 Å². The Morgan fingerprint density at radius 2 is 2.07 bits per heavy atom. The van der Waals surface area contributed by atoms with Crippen molar-refractivity contribution in [3.63, 3.8) is 0 Å². The number of aromatic nitrogens is 7. The zero-order valence-corrected chi connectivity index (χ0v) is 15.1. The quantitative estimate of drug-likeness (QED) is 0.479. The molecule has 0 aliphatic carbocycles. The van der Waals surface area contributed by atoms with Crippen molar-refractivity contribution in [2.45, 2.75) is 40.0 Å². The summed E-state index contributed by atoms with van der Waals surface area (Å²) in [5.41, 5.74) is 2.04. The van der Waals surface area contributed by atoms with E-state index < -0.39 is 10.9 Å². The van der Waals surface area contributed by atoms with Crippen LogP contribution in [0.5, 0.6) is 0 Å². The number of amides is 1. The Hall–Kier alpha value is -3.57. The van der Waals surface area contributed by atoms with Crippen LogP contribution in [0.4, 0.5) is 5.95 Å². The second-order valence-corrected chi connectivity index (χ2v) is 5.94. The summed E-state index contributed by atoms with van der Waals surface area (Å²) in [5.74, 6) is -0.814. The van der Waals surface area contributed by atoms with Gasteiger partial charge in [-0.2, -0.15) is 14.9 Å². The number of carbonyl (C=O) groups excluding carboxylic acids is 1. The van der Waals surface area contributed by atoms with E-state index in [2.05, 4.69) is 25.6 Å². The number of rotatable bonds is 7. The van der Waals surface area contributed by atoms with Gasteiger partial charge in [-0.05, 0) is 31.8 Å². The van der Waals surface area contributed by atoms with E-state index in [0.29, 0.717) is 0 Å². The molecule has 0 aromatic carbocycles. The first-order valence-corrected chi connectivity index (χ1v) is 8.29. The van der Waals surface area contributed by atoms with Gasteiger partial charge in [0.1, 0.15) is 5.69 Å². The van der Waals surface area contributed by atoms with E-state index in [9.17, 15) is 14.9 Å². The third-order valence-corrected chi connectivity index (χ3v) is 3.97. The fraction of sp³-hybridized carbons (Fsp3) is 0.400. The molecule has 0 fully saturated rings. The lowest BCUT2D eigenvalue weighted by atomic mass is 10.1. The molecule has 3 rings (SSSR count). The van der Waals surface area contributed by atoms with Crippen LogP contribution in [0.15, 0.2) is 24.8 Å². The Morgan fingerprint density at radius 1 is 1.30 bits per heavy atom. The standard InChI is InChI=1S/C15H19N9O3/c1-4-21-7-12(11(3)18-21)10(2)17-14(25)13-5-6-22(19-13)9-23-8-16-15(20-23)24(26)27/h5-8,10H,4,9H2,1-3H3,(H,17,25). The number of hydrogen-bond donors (Lipinski definition) is 1. The molecule has 1 amide bonds. The molecule has 0 aliphatic rings. The van der Waals surface area contributed by atoms with Crippen LogP contribution >= 0.6 is 0 Å². The van der Waals surface area contributed by atoms with Crippen molar-refractivity contribution in [2.75, 3.05) is 0 Å². The van der Waals surface area contributed by atoms with E-state index in [1.54, 1.807) is 12.3 Å². The lowest BCUT2D eigenvalue weighted by molar-refractivity contribution is -0.394. The third kappa shape index (κ3) is 3.99. The van der Waals surface area contributed by atoms with Gasteiger partial charge < -0.3 is 15.4 Å². The van der Waals surface area contributed by atoms with Gasteiger partial charge in [0.05, 0.1) is 11.7 Å². The van der Waals surface area contributed by atoms with Crippen LogP contribution in [-0.2, 0) is 13.2 Å². The molecule has 1 atom stereocenters. The van der Waals surface area contributed by atoms with Crippen LogP contribution in [-0.4, -0.2) is 45.2 Å². The molecule has 12 nitrogen and oxygen atoms in total. The van der Waals surface area contributed by atoms with E-state index in [0.717, 1.165) is 17.8 Å². The molecule has 27 heavy (non-hydrogen) atoms. The Bertz CT molecular complexity index is 971. The van der Waals surface area contributed by atoms with Crippen molar-refractivity contribution in [3.05, 3.63) is 51.9 Å². The van der Waals surface area contributed by atoms with Crippen LogP contribution in [0.25, 0.3) is 0 Å². The van der Waals surface area contributed by atoms with Crippen LogP contribution in [0.2, 0.25) is 0 Å². The van der Waals surface area contributed by atoms with E-state index in [-0.39, 0.29) is 24.3 Å². The summed E-state index contributed by atoms with van der Waals surface area (Å²) < 4.78 is 4.52. The SMILES string of the molecule is CCn1cc(C(C)NC(=O)c2ccn(Cn3cnc([N+](=O)[O-])n3)n2)c(C)n1. The number of carbonyl (C=O) groups is 1. The molecular weight excluding hydrogens is 354 g/mol. The molecule has 3 heterocycles. The Morgan fingerprint density at radius 3 is 2.70 bits per heavy atom. The molecule has 0 bridgehead atoms. The molecular formula is C15H19N9O3. The molecule has 3 aromatic rings. The molecule has 0 saturated carbocycles. The molecule has 1 N–H and O–H groups in total. The topological polar surface area (TPSA) is 139 Å². The monoisotopic (exact) mass is 373 g/mol. The maximum Gasteiger partial charge on any atom is 0.491 e. The average molecular weight is 373 g/mol. The summed E-state index contributed by atoms with van der Waals surface area (Å²) in [6.45, 7) is 6.64. The molecule has 3 aromatic heterocycles. The van der Waals surface area contributed by atoms with Gasteiger partial charge in [-0.1, -0.05) is 4.98 Å². The van der Waals surface area contributed by atoms with Gasteiger partial charge in [-0.3, -0.25) is 9.48 Å². The first-order chi connectivity index (χ1) is 12.9. The van der Waals surface area contributed by atoms with Gasteiger partial charge in [-0.15, -0.1) is 0 Å². The van der Waals surface area contributed by atoms with E-state index in [1.807, 2.05) is 31.6 Å². The highest BCUT2D eigenvalue weighted by molar-refractivity contribution is 5.92. The first kappa shape index (κ1) is 18.2. The summed E-state index contributed by atoms with van der Waals surface area (Å²) >= 11 is 0. The van der Waals surface area contributed by atoms with Crippen molar-refractivity contribution in [3.8, 4) is 0 Å². The summed E-state index contributed by atoms with van der Waals surface area (Å²) in [6, 6.07) is 1.34. The lowest BCUT2D eigenvalue weighted by Gasteiger charge is -2.12. The number of aryl methyl sites for hydroxylation is 2. The van der Waals surface area contributed by atoms with Gasteiger partial charge in [0.25, 0.3) is 5.91 Å². The zero-order valence-electron chi connectivity index (χ0n) is 15.1. The second-order valence-electron chi connectivity index (χ2n) is 5.94. The fourth-order valence-corrected chi connectivity index (χ4v) is 2.62. The lowest BCUT2D eigenvalue weighted by Crippen LogP contribution is -2.27. The highest BCUT2D eigenvalue weighted by atomic mass is 16.6. The van der Waals surface area contributed by atoms with Crippen molar-refractivity contribution < 1.29 is 9.72 Å². The number of nitro groups is 1. The van der Waals surface area contributed by atoms with Gasteiger partial charge in [-0.25, -0.2) is 4.68 Å². The normalized spacial score (nSPS) is 12.1. The van der Waals surface area contributed by atoms with Crippen molar-refractivity contribution in [2.24, 2.45) is 0 Å². The van der Waals surface area contributed by atoms with Crippen LogP contribution in [0.1, 0.15) is 41.6 Å². The first-order valence-electron chi connectivity index (χ1n) is 8.29. The molecule has 0 aliphatic heterocycles. The zero-order chi connectivity index (χ0) is 19.6. The van der Waals surface area contributed by atoms with E-state index in [4.69, 9.17) is 0 Å². The second kappa shape index (κ2) is 7.35. The minimum atomic E-state index is -0.678. The Kier molecular flexibility index (Phi) is 4.96. The predicted molar refractivity (Wildman–Crippen MR) is 92.8 cm³/mol. The highest BCUT2D eigenvalue weighted by Crippen LogP contribution is 2.16. The van der Waals surface area contributed by atoms with Gasteiger partial charge >= 0.3 is 5.95 Å². The van der Waals surface area contributed by atoms with Crippen molar-refractivity contribution in [1.29, 1.82) is 0 Å². The molecule has 142 valence electrons. The highest BCUT2D eigenvalue weighted by Gasteiger charge is 2.18.